The molecule has 0 saturated heterocycles. The van der Waals surface area contributed by atoms with E-state index >= 15 is 0 Å². The second-order valence-corrected chi connectivity index (χ2v) is 6.10. The van der Waals surface area contributed by atoms with E-state index in [0.29, 0.717) is 11.6 Å². The molecule has 2 unspecified atom stereocenters. The number of halogens is 1. The van der Waals surface area contributed by atoms with Crippen LogP contribution in [0.4, 0.5) is 0 Å². The van der Waals surface area contributed by atoms with Crippen LogP contribution in [0.3, 0.4) is 0 Å². The SMILES string of the molecule is CC(OC(=O)C(C(N)=S)c1ccccn1)C1CCCCC1.Cl. The van der Waals surface area contributed by atoms with Gasteiger partial charge in [-0.1, -0.05) is 37.5 Å². The standard InChI is InChI=1S/C16H22N2O2S.ClH/c1-11(12-7-3-2-4-8-12)20-16(19)14(15(17)21)13-9-5-6-10-18-13;/h5-6,9-12,14H,2-4,7-8H2,1H3,(H2,17,21);1H. The van der Waals surface area contributed by atoms with Crippen molar-refractivity contribution in [2.75, 3.05) is 0 Å². The van der Waals surface area contributed by atoms with Gasteiger partial charge < -0.3 is 10.5 Å². The molecule has 0 aromatic carbocycles. The lowest BCUT2D eigenvalue weighted by Gasteiger charge is -2.28. The van der Waals surface area contributed by atoms with E-state index in [1.807, 2.05) is 13.0 Å². The Kier molecular flexibility index (Phi) is 7.76. The molecule has 2 rings (SSSR count). The predicted molar refractivity (Wildman–Crippen MR) is 93.1 cm³/mol. The average molecular weight is 343 g/mol. The summed E-state index contributed by atoms with van der Waals surface area (Å²) < 4.78 is 5.62. The van der Waals surface area contributed by atoms with Crippen molar-refractivity contribution in [3.8, 4) is 0 Å². The van der Waals surface area contributed by atoms with Crippen molar-refractivity contribution in [1.29, 1.82) is 0 Å². The molecule has 1 aromatic heterocycles. The van der Waals surface area contributed by atoms with E-state index < -0.39 is 5.92 Å². The van der Waals surface area contributed by atoms with Crippen LogP contribution in [0.25, 0.3) is 0 Å². The molecule has 4 nitrogen and oxygen atoms in total. The Morgan fingerprint density at radius 3 is 2.59 bits per heavy atom. The molecular formula is C16H23ClN2O2S. The van der Waals surface area contributed by atoms with Gasteiger partial charge in [0.05, 0.1) is 10.7 Å². The summed E-state index contributed by atoms with van der Waals surface area (Å²) in [6.07, 6.45) is 7.47. The van der Waals surface area contributed by atoms with Crippen molar-refractivity contribution in [2.45, 2.75) is 51.0 Å². The average Bonchev–Trinajstić information content (AvgIpc) is 2.49. The van der Waals surface area contributed by atoms with Crippen molar-refractivity contribution >= 4 is 35.6 Å². The second-order valence-electron chi connectivity index (χ2n) is 5.63. The van der Waals surface area contributed by atoms with Gasteiger partial charge in [0.1, 0.15) is 12.0 Å². The third-order valence-electron chi connectivity index (χ3n) is 4.12. The molecular weight excluding hydrogens is 320 g/mol. The lowest BCUT2D eigenvalue weighted by Crippen LogP contribution is -2.33. The summed E-state index contributed by atoms with van der Waals surface area (Å²) in [6.45, 7) is 1.96. The maximum Gasteiger partial charge on any atom is 0.322 e. The van der Waals surface area contributed by atoms with E-state index in [9.17, 15) is 4.79 Å². The number of carbonyl (C=O) groups excluding carboxylic acids is 1. The number of thiocarbonyl (C=S) groups is 1. The van der Waals surface area contributed by atoms with Gasteiger partial charge in [0.15, 0.2) is 0 Å². The maximum absolute atomic E-state index is 12.4. The maximum atomic E-state index is 12.4. The normalized spacial score (nSPS) is 17.9. The molecule has 2 atom stereocenters. The van der Waals surface area contributed by atoms with E-state index in [1.54, 1.807) is 18.3 Å². The second kappa shape index (κ2) is 9.06. The smallest absolute Gasteiger partial charge is 0.322 e. The van der Waals surface area contributed by atoms with Crippen LogP contribution in [0.2, 0.25) is 0 Å². The van der Waals surface area contributed by atoms with Crippen LogP contribution in [0.5, 0.6) is 0 Å². The highest BCUT2D eigenvalue weighted by molar-refractivity contribution is 7.80. The third kappa shape index (κ3) is 4.92. The van der Waals surface area contributed by atoms with Gasteiger partial charge in [-0.05, 0) is 37.8 Å². The van der Waals surface area contributed by atoms with E-state index in [-0.39, 0.29) is 29.5 Å². The minimum absolute atomic E-state index is 0. The highest BCUT2D eigenvalue weighted by Gasteiger charge is 2.30. The van der Waals surface area contributed by atoms with Gasteiger partial charge in [0.2, 0.25) is 0 Å². The fourth-order valence-electron chi connectivity index (χ4n) is 2.88. The molecule has 2 N–H and O–H groups in total. The molecule has 0 spiro atoms. The minimum atomic E-state index is -0.757. The number of esters is 1. The van der Waals surface area contributed by atoms with E-state index in [1.165, 1.54) is 19.3 Å². The molecule has 1 heterocycles. The molecule has 6 heteroatoms. The van der Waals surface area contributed by atoms with Crippen molar-refractivity contribution < 1.29 is 9.53 Å². The molecule has 1 aliphatic carbocycles. The quantitative estimate of drug-likeness (QED) is 0.656. The highest BCUT2D eigenvalue weighted by atomic mass is 35.5. The Labute approximate surface area is 143 Å². The number of hydrogen-bond acceptors (Lipinski definition) is 4. The van der Waals surface area contributed by atoms with Gasteiger partial charge in [-0.15, -0.1) is 12.4 Å². The Morgan fingerprint density at radius 2 is 2.05 bits per heavy atom. The van der Waals surface area contributed by atoms with Gasteiger partial charge >= 0.3 is 5.97 Å². The first-order valence-electron chi connectivity index (χ1n) is 7.50. The van der Waals surface area contributed by atoms with Gasteiger partial charge in [0.25, 0.3) is 0 Å². The van der Waals surface area contributed by atoms with Crippen molar-refractivity contribution in [1.82, 2.24) is 4.98 Å². The summed E-state index contributed by atoms with van der Waals surface area (Å²) in [5, 5.41) is 0. The Balaban J connectivity index is 0.00000242. The summed E-state index contributed by atoms with van der Waals surface area (Å²) in [7, 11) is 0. The van der Waals surface area contributed by atoms with Crippen molar-refractivity contribution in [2.24, 2.45) is 11.7 Å². The summed E-state index contributed by atoms with van der Waals surface area (Å²) in [4.78, 5) is 16.7. The molecule has 0 bridgehead atoms. The molecule has 1 saturated carbocycles. The van der Waals surface area contributed by atoms with Crippen LogP contribution in [0.1, 0.15) is 50.6 Å². The molecule has 1 aliphatic rings. The predicted octanol–water partition coefficient (Wildman–Crippen LogP) is 3.39. The van der Waals surface area contributed by atoms with Crippen LogP contribution < -0.4 is 5.73 Å². The van der Waals surface area contributed by atoms with Crippen molar-refractivity contribution in [3.05, 3.63) is 30.1 Å². The molecule has 0 aliphatic heterocycles. The number of hydrogen-bond donors (Lipinski definition) is 1. The molecule has 1 fully saturated rings. The Morgan fingerprint density at radius 1 is 1.36 bits per heavy atom. The number of ether oxygens (including phenoxy) is 1. The Hall–Kier alpha value is -1.20. The molecule has 1 aromatic rings. The first-order valence-corrected chi connectivity index (χ1v) is 7.91. The number of carbonyl (C=O) groups is 1. The zero-order valence-electron chi connectivity index (χ0n) is 12.7. The topological polar surface area (TPSA) is 65.2 Å². The van der Waals surface area contributed by atoms with E-state index in [0.717, 1.165) is 12.8 Å². The van der Waals surface area contributed by atoms with Crippen LogP contribution in [0, 0.1) is 5.92 Å². The van der Waals surface area contributed by atoms with Gasteiger partial charge in [-0.3, -0.25) is 9.78 Å². The van der Waals surface area contributed by atoms with Crippen LogP contribution in [0.15, 0.2) is 24.4 Å². The Bertz CT molecular complexity index is 492. The largest absolute Gasteiger partial charge is 0.462 e. The number of pyridine rings is 1. The molecule has 22 heavy (non-hydrogen) atoms. The summed E-state index contributed by atoms with van der Waals surface area (Å²) in [5.74, 6) is -0.704. The van der Waals surface area contributed by atoms with Crippen LogP contribution in [-0.2, 0) is 9.53 Å². The highest BCUT2D eigenvalue weighted by Crippen LogP contribution is 2.29. The van der Waals surface area contributed by atoms with Gasteiger partial charge in [-0.25, -0.2) is 0 Å². The van der Waals surface area contributed by atoms with Gasteiger partial charge in [0, 0.05) is 6.20 Å². The lowest BCUT2D eigenvalue weighted by molar-refractivity contribution is -0.151. The number of nitrogens with zero attached hydrogens (tertiary/aromatic N) is 1. The summed E-state index contributed by atoms with van der Waals surface area (Å²) in [6, 6.07) is 5.35. The monoisotopic (exact) mass is 342 g/mol. The number of aromatic nitrogens is 1. The third-order valence-corrected chi connectivity index (χ3v) is 4.36. The van der Waals surface area contributed by atoms with Crippen LogP contribution in [-0.4, -0.2) is 22.0 Å². The summed E-state index contributed by atoms with van der Waals surface area (Å²) in [5.41, 5.74) is 6.26. The number of rotatable bonds is 5. The molecule has 0 amide bonds. The zero-order chi connectivity index (χ0) is 15.2. The summed E-state index contributed by atoms with van der Waals surface area (Å²) >= 11 is 5.02. The lowest BCUT2D eigenvalue weighted by atomic mass is 9.86. The minimum Gasteiger partial charge on any atom is -0.462 e. The van der Waals surface area contributed by atoms with E-state index in [4.69, 9.17) is 22.7 Å². The zero-order valence-corrected chi connectivity index (χ0v) is 14.4. The van der Waals surface area contributed by atoms with E-state index in [2.05, 4.69) is 4.98 Å². The number of nitrogens with two attached hydrogens (primary N) is 1. The fraction of sp³-hybridized carbons (Fsp3) is 0.562. The molecule has 0 radical (unpaired) electrons. The van der Waals surface area contributed by atoms with Crippen molar-refractivity contribution in [3.63, 3.8) is 0 Å². The first kappa shape index (κ1) is 18.8. The molecule has 122 valence electrons. The first-order chi connectivity index (χ1) is 10.1. The van der Waals surface area contributed by atoms with Gasteiger partial charge in [-0.2, -0.15) is 0 Å². The fourth-order valence-corrected chi connectivity index (χ4v) is 3.10. The van der Waals surface area contributed by atoms with Crippen LogP contribution >= 0.6 is 24.6 Å².